The molecule has 0 heterocycles. The molecule has 0 aliphatic carbocycles. The number of carbonyl (C=O) groups is 1. The smallest absolute Gasteiger partial charge is 0.408 e. The van der Waals surface area contributed by atoms with E-state index in [4.69, 9.17) is 15.2 Å². The number of alkyl carbamates (subject to hydrolysis) is 1. The van der Waals surface area contributed by atoms with Crippen molar-refractivity contribution >= 4 is 22.0 Å². The average molecular weight is 345 g/mol. The topological polar surface area (TPSA) is 73.6 Å². The lowest BCUT2D eigenvalue weighted by Crippen LogP contribution is -2.37. The Morgan fingerprint density at radius 2 is 2.10 bits per heavy atom. The van der Waals surface area contributed by atoms with Gasteiger partial charge < -0.3 is 20.5 Å². The molecule has 3 N–H and O–H groups in total. The van der Waals surface area contributed by atoms with Gasteiger partial charge in [-0.1, -0.05) is 22.0 Å². The van der Waals surface area contributed by atoms with Crippen molar-refractivity contribution < 1.29 is 14.3 Å². The highest BCUT2D eigenvalue weighted by Crippen LogP contribution is 2.27. The molecule has 1 atom stereocenters. The number of halogens is 1. The minimum atomic E-state index is -0.541. The Hall–Kier alpha value is -1.27. The van der Waals surface area contributed by atoms with E-state index in [9.17, 15) is 4.79 Å². The highest BCUT2D eigenvalue weighted by molar-refractivity contribution is 9.10. The Morgan fingerprint density at radius 1 is 1.45 bits per heavy atom. The monoisotopic (exact) mass is 344 g/mol. The quantitative estimate of drug-likeness (QED) is 0.880. The van der Waals surface area contributed by atoms with Crippen LogP contribution in [0.25, 0.3) is 0 Å². The van der Waals surface area contributed by atoms with Gasteiger partial charge in [-0.25, -0.2) is 4.79 Å². The largest absolute Gasteiger partial charge is 0.497 e. The van der Waals surface area contributed by atoms with Crippen molar-refractivity contribution in [2.45, 2.75) is 32.4 Å². The van der Waals surface area contributed by atoms with Crippen LogP contribution in [-0.2, 0) is 4.74 Å². The molecule has 1 rings (SSSR count). The molecule has 0 spiro atoms. The van der Waals surface area contributed by atoms with Gasteiger partial charge >= 0.3 is 6.09 Å². The van der Waals surface area contributed by atoms with Crippen molar-refractivity contribution in [3.05, 3.63) is 28.2 Å². The molecule has 1 aromatic rings. The average Bonchev–Trinajstić information content (AvgIpc) is 2.34. The van der Waals surface area contributed by atoms with Gasteiger partial charge in [0.2, 0.25) is 0 Å². The fourth-order valence-electron chi connectivity index (χ4n) is 1.63. The molecule has 112 valence electrons. The molecule has 0 aliphatic rings. The summed E-state index contributed by atoms with van der Waals surface area (Å²) in [5.41, 5.74) is 6.07. The minimum Gasteiger partial charge on any atom is -0.497 e. The molecule has 6 heteroatoms. The van der Waals surface area contributed by atoms with Gasteiger partial charge in [-0.05, 0) is 38.5 Å². The summed E-state index contributed by atoms with van der Waals surface area (Å²) in [6, 6.07) is 5.18. The number of methoxy groups -OCH3 is 1. The second-order valence-corrected chi connectivity index (χ2v) is 6.18. The molecular formula is C14H21BrN2O3. The van der Waals surface area contributed by atoms with Crippen molar-refractivity contribution in [2.24, 2.45) is 5.73 Å². The Kier molecular flexibility index (Phi) is 5.83. The van der Waals surface area contributed by atoms with Gasteiger partial charge in [0.25, 0.3) is 0 Å². The Balaban J connectivity index is 2.83. The second-order valence-electron chi connectivity index (χ2n) is 5.32. The summed E-state index contributed by atoms with van der Waals surface area (Å²) in [5.74, 6) is 0.730. The van der Waals surface area contributed by atoms with Crippen LogP contribution in [-0.4, -0.2) is 25.3 Å². The number of amides is 1. The number of rotatable bonds is 4. The summed E-state index contributed by atoms with van der Waals surface area (Å²) in [6.45, 7) is 5.71. The van der Waals surface area contributed by atoms with E-state index in [-0.39, 0.29) is 12.6 Å². The summed E-state index contributed by atoms with van der Waals surface area (Å²) < 4.78 is 11.2. The van der Waals surface area contributed by atoms with Crippen LogP contribution in [0.15, 0.2) is 22.7 Å². The third-order valence-electron chi connectivity index (χ3n) is 2.51. The lowest BCUT2D eigenvalue weighted by Gasteiger charge is -2.23. The van der Waals surface area contributed by atoms with E-state index in [1.54, 1.807) is 7.11 Å². The van der Waals surface area contributed by atoms with Crippen molar-refractivity contribution in [1.29, 1.82) is 0 Å². The molecule has 0 radical (unpaired) electrons. The van der Waals surface area contributed by atoms with Gasteiger partial charge in [0.15, 0.2) is 0 Å². The van der Waals surface area contributed by atoms with Crippen LogP contribution in [0.1, 0.15) is 32.4 Å². The predicted molar refractivity (Wildman–Crippen MR) is 81.9 cm³/mol. The number of nitrogens with one attached hydrogen (secondary N) is 1. The number of benzene rings is 1. The van der Waals surface area contributed by atoms with Crippen LogP contribution in [0.3, 0.4) is 0 Å². The van der Waals surface area contributed by atoms with E-state index >= 15 is 0 Å². The first-order chi connectivity index (χ1) is 9.26. The van der Waals surface area contributed by atoms with Crippen LogP contribution in [0.2, 0.25) is 0 Å². The second kappa shape index (κ2) is 6.95. The van der Waals surface area contributed by atoms with Crippen LogP contribution in [0.4, 0.5) is 4.79 Å². The van der Waals surface area contributed by atoms with Gasteiger partial charge in [-0.3, -0.25) is 0 Å². The predicted octanol–water partition coefficient (Wildman–Crippen LogP) is 2.98. The molecule has 0 saturated carbocycles. The summed E-state index contributed by atoms with van der Waals surface area (Å²) in [5, 5.41) is 2.76. The summed E-state index contributed by atoms with van der Waals surface area (Å²) in [6.07, 6.45) is -0.490. The molecule has 0 fully saturated rings. The molecule has 0 saturated heterocycles. The molecule has 0 bridgehead atoms. The highest BCUT2D eigenvalue weighted by atomic mass is 79.9. The zero-order valence-corrected chi connectivity index (χ0v) is 13.8. The number of hydrogen-bond donors (Lipinski definition) is 2. The SMILES string of the molecule is COc1ccc(C(CN)NC(=O)OC(C)(C)C)c(Br)c1. The minimum absolute atomic E-state index is 0.268. The molecule has 1 aromatic carbocycles. The maximum absolute atomic E-state index is 11.8. The number of ether oxygens (including phenoxy) is 2. The van der Waals surface area contributed by atoms with Crippen molar-refractivity contribution in [2.75, 3.05) is 13.7 Å². The zero-order chi connectivity index (χ0) is 15.3. The molecule has 1 unspecified atom stereocenters. The Bertz CT molecular complexity index is 472. The lowest BCUT2D eigenvalue weighted by molar-refractivity contribution is 0.0505. The zero-order valence-electron chi connectivity index (χ0n) is 12.2. The number of hydrogen-bond acceptors (Lipinski definition) is 4. The van der Waals surface area contributed by atoms with Crippen LogP contribution in [0, 0.1) is 0 Å². The fourth-order valence-corrected chi connectivity index (χ4v) is 2.27. The first-order valence-corrected chi connectivity index (χ1v) is 7.09. The van der Waals surface area contributed by atoms with Gasteiger partial charge in [0, 0.05) is 11.0 Å². The van der Waals surface area contributed by atoms with Crippen LogP contribution >= 0.6 is 15.9 Å². The first kappa shape index (κ1) is 16.8. The number of nitrogens with two attached hydrogens (primary N) is 1. The first-order valence-electron chi connectivity index (χ1n) is 6.30. The van der Waals surface area contributed by atoms with Crippen LogP contribution in [0.5, 0.6) is 5.75 Å². The number of carbonyl (C=O) groups excluding carboxylic acids is 1. The van der Waals surface area contributed by atoms with Gasteiger partial charge in [0.1, 0.15) is 11.4 Å². The van der Waals surface area contributed by atoms with E-state index in [0.717, 1.165) is 15.8 Å². The summed E-state index contributed by atoms with van der Waals surface area (Å²) in [7, 11) is 1.60. The highest BCUT2D eigenvalue weighted by Gasteiger charge is 2.21. The van der Waals surface area contributed by atoms with E-state index in [2.05, 4.69) is 21.2 Å². The van der Waals surface area contributed by atoms with E-state index < -0.39 is 11.7 Å². The van der Waals surface area contributed by atoms with Gasteiger partial charge in [-0.15, -0.1) is 0 Å². The van der Waals surface area contributed by atoms with E-state index in [0.29, 0.717) is 0 Å². The molecule has 5 nitrogen and oxygen atoms in total. The fraction of sp³-hybridized carbons (Fsp3) is 0.500. The molecule has 20 heavy (non-hydrogen) atoms. The molecular weight excluding hydrogens is 324 g/mol. The summed E-state index contributed by atoms with van der Waals surface area (Å²) in [4.78, 5) is 11.8. The third kappa shape index (κ3) is 5.02. The van der Waals surface area contributed by atoms with Crippen molar-refractivity contribution in [3.63, 3.8) is 0 Å². The maximum Gasteiger partial charge on any atom is 0.408 e. The van der Waals surface area contributed by atoms with E-state index in [1.165, 1.54) is 0 Å². The normalized spacial score (nSPS) is 12.7. The van der Waals surface area contributed by atoms with Gasteiger partial charge in [-0.2, -0.15) is 0 Å². The standard InChI is InChI=1S/C14H21BrN2O3/c1-14(2,3)20-13(18)17-12(8-16)10-6-5-9(19-4)7-11(10)15/h5-7,12H,8,16H2,1-4H3,(H,17,18). The Labute approximate surface area is 127 Å². The van der Waals surface area contributed by atoms with Crippen LogP contribution < -0.4 is 15.8 Å². The summed E-state index contributed by atoms with van der Waals surface area (Å²) >= 11 is 3.45. The maximum atomic E-state index is 11.8. The molecule has 1 amide bonds. The molecule has 0 aromatic heterocycles. The lowest BCUT2D eigenvalue weighted by atomic mass is 10.1. The van der Waals surface area contributed by atoms with E-state index in [1.807, 2.05) is 39.0 Å². The van der Waals surface area contributed by atoms with Crippen molar-refractivity contribution in [1.82, 2.24) is 5.32 Å². The molecule has 0 aliphatic heterocycles. The third-order valence-corrected chi connectivity index (χ3v) is 3.20. The Morgan fingerprint density at radius 3 is 2.55 bits per heavy atom. The van der Waals surface area contributed by atoms with Crippen molar-refractivity contribution in [3.8, 4) is 5.75 Å². The van der Waals surface area contributed by atoms with Gasteiger partial charge in [0.05, 0.1) is 13.2 Å².